The largest absolute Gasteiger partial charge is 0.478 e. The summed E-state index contributed by atoms with van der Waals surface area (Å²) in [5, 5.41) is 8.72. The van der Waals surface area contributed by atoms with E-state index in [-0.39, 0.29) is 5.57 Å². The van der Waals surface area contributed by atoms with Crippen molar-refractivity contribution in [3.8, 4) is 0 Å². The van der Waals surface area contributed by atoms with Crippen molar-refractivity contribution < 1.29 is 27.7 Å². The number of rotatable bonds is 5. The molecule has 0 bridgehead atoms. The molecule has 0 aliphatic heterocycles. The predicted octanol–water partition coefficient (Wildman–Crippen LogP) is 0.806. The molecule has 7 nitrogen and oxygen atoms in total. The molecule has 0 fully saturated rings. The van der Waals surface area contributed by atoms with Crippen molar-refractivity contribution in [1.29, 1.82) is 0 Å². The topological polar surface area (TPSA) is 121 Å². The highest BCUT2D eigenvalue weighted by Crippen LogP contribution is 2.07. The van der Waals surface area contributed by atoms with Crippen molar-refractivity contribution in [2.45, 2.75) is 26.1 Å². The molecule has 1 amide bonds. The van der Waals surface area contributed by atoms with Crippen molar-refractivity contribution >= 4 is 22.0 Å². The lowest BCUT2D eigenvalue weighted by atomic mass is 10.2. The van der Waals surface area contributed by atoms with Crippen LogP contribution < -0.4 is 5.32 Å². The molecule has 0 aromatic rings. The molecule has 0 aromatic heterocycles. The van der Waals surface area contributed by atoms with Crippen LogP contribution in [0.3, 0.4) is 0 Å². The molecule has 1 unspecified atom stereocenters. The first kappa shape index (κ1) is 19.7. The summed E-state index contributed by atoms with van der Waals surface area (Å²) < 4.78 is 30.2. The highest BCUT2D eigenvalue weighted by Gasteiger charge is 2.27. The van der Waals surface area contributed by atoms with E-state index in [0.717, 1.165) is 6.08 Å². The standard InChI is InChI=1S/C7H13NO4S.C4H6O2/c1-4-6(9)8-7(5(2)3)13(10,11)12;1-3(2)4(5)6/h4-5,7H,1H2,2-3H3,(H,8,9)(H,10,11,12);1H2,2H3,(H,5,6). The highest BCUT2D eigenvalue weighted by molar-refractivity contribution is 7.86. The molecule has 1 atom stereocenters. The monoisotopic (exact) mass is 293 g/mol. The van der Waals surface area contributed by atoms with Gasteiger partial charge in [-0.3, -0.25) is 9.35 Å². The Labute approximate surface area is 112 Å². The summed E-state index contributed by atoms with van der Waals surface area (Å²) >= 11 is 0. The van der Waals surface area contributed by atoms with Crippen LogP contribution in [0, 0.1) is 5.92 Å². The van der Waals surface area contributed by atoms with Gasteiger partial charge in [-0.25, -0.2) is 4.79 Å². The van der Waals surface area contributed by atoms with Crippen molar-refractivity contribution in [2.24, 2.45) is 5.92 Å². The van der Waals surface area contributed by atoms with Crippen LogP contribution in [0.2, 0.25) is 0 Å². The Kier molecular flexibility index (Phi) is 8.73. The van der Waals surface area contributed by atoms with Crippen molar-refractivity contribution in [2.75, 3.05) is 0 Å². The minimum Gasteiger partial charge on any atom is -0.478 e. The average Bonchev–Trinajstić information content (AvgIpc) is 2.24. The van der Waals surface area contributed by atoms with E-state index >= 15 is 0 Å². The van der Waals surface area contributed by atoms with Gasteiger partial charge < -0.3 is 10.4 Å². The maximum absolute atomic E-state index is 10.8. The Morgan fingerprint density at radius 1 is 1.32 bits per heavy atom. The summed E-state index contributed by atoms with van der Waals surface area (Å²) in [6.45, 7) is 10.9. The second kappa shape index (κ2) is 8.44. The molecule has 0 radical (unpaired) electrons. The summed E-state index contributed by atoms with van der Waals surface area (Å²) in [7, 11) is -4.25. The Morgan fingerprint density at radius 2 is 1.68 bits per heavy atom. The maximum atomic E-state index is 10.8. The van der Waals surface area contributed by atoms with Crippen LogP contribution in [0.1, 0.15) is 20.8 Å². The molecular formula is C11H19NO6S. The first-order valence-corrected chi connectivity index (χ1v) is 6.71. The first-order chi connectivity index (χ1) is 8.43. The van der Waals surface area contributed by atoms with E-state index in [0.29, 0.717) is 0 Å². The quantitative estimate of drug-likeness (QED) is 0.509. The molecule has 3 N–H and O–H groups in total. The Bertz CT molecular complexity index is 440. The number of nitrogens with one attached hydrogen (secondary N) is 1. The van der Waals surface area contributed by atoms with Gasteiger partial charge in [-0.15, -0.1) is 0 Å². The van der Waals surface area contributed by atoms with Crippen molar-refractivity contribution in [3.05, 3.63) is 24.8 Å². The molecule has 110 valence electrons. The zero-order valence-electron chi connectivity index (χ0n) is 11.1. The van der Waals surface area contributed by atoms with Crippen LogP contribution in [0.4, 0.5) is 0 Å². The van der Waals surface area contributed by atoms with E-state index in [1.807, 2.05) is 0 Å². The van der Waals surface area contributed by atoms with E-state index < -0.39 is 33.3 Å². The number of carbonyl (C=O) groups is 2. The first-order valence-electron chi connectivity index (χ1n) is 5.21. The molecule has 0 aliphatic carbocycles. The summed E-state index contributed by atoms with van der Waals surface area (Å²) in [4.78, 5) is 20.4. The maximum Gasteiger partial charge on any atom is 0.330 e. The van der Waals surface area contributed by atoms with Gasteiger partial charge in [-0.1, -0.05) is 27.0 Å². The van der Waals surface area contributed by atoms with Crippen molar-refractivity contribution in [1.82, 2.24) is 5.32 Å². The van der Waals surface area contributed by atoms with Crippen LogP contribution in [-0.4, -0.2) is 35.3 Å². The smallest absolute Gasteiger partial charge is 0.330 e. The van der Waals surface area contributed by atoms with Gasteiger partial charge in [0.05, 0.1) is 0 Å². The Balaban J connectivity index is 0. The fraction of sp³-hybridized carbons (Fsp3) is 0.455. The molecule has 0 aliphatic rings. The van der Waals surface area contributed by atoms with Gasteiger partial charge in [0.1, 0.15) is 0 Å². The molecule has 0 saturated heterocycles. The summed E-state index contributed by atoms with van der Waals surface area (Å²) in [6, 6.07) is 0. The number of hydrogen-bond acceptors (Lipinski definition) is 4. The molecular weight excluding hydrogens is 274 g/mol. The van der Waals surface area contributed by atoms with E-state index in [1.54, 1.807) is 13.8 Å². The average molecular weight is 293 g/mol. The van der Waals surface area contributed by atoms with Gasteiger partial charge in [0.25, 0.3) is 10.1 Å². The number of carboxylic acid groups (broad SMARTS) is 1. The lowest BCUT2D eigenvalue weighted by Gasteiger charge is -2.17. The van der Waals surface area contributed by atoms with E-state index in [2.05, 4.69) is 18.5 Å². The predicted molar refractivity (Wildman–Crippen MR) is 71.0 cm³/mol. The van der Waals surface area contributed by atoms with Gasteiger partial charge in [-0.05, 0) is 18.9 Å². The van der Waals surface area contributed by atoms with Gasteiger partial charge in [0.2, 0.25) is 5.91 Å². The molecule has 0 aromatic carbocycles. The number of aliphatic carboxylic acids is 1. The summed E-state index contributed by atoms with van der Waals surface area (Å²) in [5.41, 5.74) is 0.176. The number of carboxylic acids is 1. The zero-order chi connectivity index (χ0) is 15.8. The minimum absolute atomic E-state index is 0.176. The summed E-state index contributed by atoms with van der Waals surface area (Å²) in [5.74, 6) is -1.97. The number of carbonyl (C=O) groups excluding carboxylic acids is 1. The Hall–Kier alpha value is -1.67. The van der Waals surface area contributed by atoms with Gasteiger partial charge in [-0.2, -0.15) is 8.42 Å². The normalized spacial score (nSPS) is 11.8. The van der Waals surface area contributed by atoms with Gasteiger partial charge in [0.15, 0.2) is 5.37 Å². The van der Waals surface area contributed by atoms with E-state index in [1.165, 1.54) is 6.92 Å². The minimum atomic E-state index is -4.25. The lowest BCUT2D eigenvalue weighted by molar-refractivity contribution is -0.132. The molecule has 19 heavy (non-hydrogen) atoms. The van der Waals surface area contributed by atoms with Gasteiger partial charge >= 0.3 is 5.97 Å². The second-order valence-electron chi connectivity index (χ2n) is 3.98. The molecule has 0 spiro atoms. The summed E-state index contributed by atoms with van der Waals surface area (Å²) in [6.07, 6.45) is 0.945. The van der Waals surface area contributed by atoms with Crippen LogP contribution in [-0.2, 0) is 19.7 Å². The third-order valence-corrected chi connectivity index (χ3v) is 3.07. The van der Waals surface area contributed by atoms with Gasteiger partial charge in [0, 0.05) is 5.57 Å². The van der Waals surface area contributed by atoms with E-state index in [9.17, 15) is 18.0 Å². The van der Waals surface area contributed by atoms with E-state index in [4.69, 9.17) is 9.66 Å². The molecule has 8 heteroatoms. The molecule has 0 saturated carbocycles. The fourth-order valence-corrected chi connectivity index (χ4v) is 1.74. The van der Waals surface area contributed by atoms with Crippen molar-refractivity contribution in [3.63, 3.8) is 0 Å². The van der Waals surface area contributed by atoms with Crippen LogP contribution >= 0.6 is 0 Å². The van der Waals surface area contributed by atoms with Crippen LogP contribution in [0.25, 0.3) is 0 Å². The number of amides is 1. The number of hydrogen-bond donors (Lipinski definition) is 3. The highest BCUT2D eigenvalue weighted by atomic mass is 32.2. The molecule has 0 rings (SSSR count). The van der Waals surface area contributed by atoms with Crippen LogP contribution in [0.15, 0.2) is 24.8 Å². The lowest BCUT2D eigenvalue weighted by Crippen LogP contribution is -2.43. The fourth-order valence-electron chi connectivity index (χ4n) is 0.784. The Morgan fingerprint density at radius 3 is 1.84 bits per heavy atom. The third kappa shape index (κ3) is 9.98. The van der Waals surface area contributed by atoms with Crippen LogP contribution in [0.5, 0.6) is 0 Å². The second-order valence-corrected chi connectivity index (χ2v) is 5.52. The molecule has 0 heterocycles. The third-order valence-electron chi connectivity index (χ3n) is 1.76. The zero-order valence-corrected chi connectivity index (χ0v) is 11.9. The SMILES string of the molecule is C=C(C)C(=O)O.C=CC(=O)NC(C(C)C)S(=O)(=O)O.